The van der Waals surface area contributed by atoms with Gasteiger partial charge in [-0.3, -0.25) is 5.43 Å². The smallest absolute Gasteiger partial charge is 0.335 e. The zero-order valence-electron chi connectivity index (χ0n) is 12.6. The number of benzene rings is 2. The number of nitrogens with zero attached hydrogens (tertiary/aromatic N) is 1. The Bertz CT molecular complexity index is 824. The molecule has 2 aromatic carbocycles. The predicted octanol–water partition coefficient (Wildman–Crippen LogP) is 3.37. The fraction of sp³-hybridized carbons (Fsp3) is 0.0625. The van der Waals surface area contributed by atoms with E-state index < -0.39 is 5.97 Å². The molecule has 0 heterocycles. The third kappa shape index (κ3) is 4.68. The lowest BCUT2D eigenvalue weighted by Crippen LogP contribution is -2.23. The van der Waals surface area contributed by atoms with Crippen LogP contribution in [-0.2, 0) is 0 Å². The number of thiocarbonyl (C=S) groups is 1. The largest absolute Gasteiger partial charge is 0.507 e. The maximum absolute atomic E-state index is 10.8. The number of aromatic carboxylic acids is 1. The molecule has 0 atom stereocenters. The van der Waals surface area contributed by atoms with Gasteiger partial charge in [0.2, 0.25) is 0 Å². The first-order valence-electron chi connectivity index (χ1n) is 6.79. The van der Waals surface area contributed by atoms with Crippen molar-refractivity contribution in [3.63, 3.8) is 0 Å². The highest BCUT2D eigenvalue weighted by molar-refractivity contribution is 7.80. The Labute approximate surface area is 148 Å². The SMILES string of the molecule is Cc1ccc(NC(=S)N/N=C/c2ccc(C(=O)O)cc2O)cc1Cl. The van der Waals surface area contributed by atoms with Gasteiger partial charge in [-0.25, -0.2) is 4.79 Å². The molecular formula is C16H14ClN3O3S. The zero-order valence-corrected chi connectivity index (χ0v) is 14.1. The number of halogens is 1. The van der Waals surface area contributed by atoms with Gasteiger partial charge in [-0.05, 0) is 55.0 Å². The second kappa shape index (κ2) is 7.76. The lowest BCUT2D eigenvalue weighted by molar-refractivity contribution is 0.0696. The number of hydrogen-bond donors (Lipinski definition) is 4. The first-order valence-corrected chi connectivity index (χ1v) is 7.58. The highest BCUT2D eigenvalue weighted by atomic mass is 35.5. The van der Waals surface area contributed by atoms with Crippen molar-refractivity contribution in [2.45, 2.75) is 6.92 Å². The normalized spacial score (nSPS) is 10.6. The molecule has 0 aliphatic rings. The van der Waals surface area contributed by atoms with Crippen molar-refractivity contribution in [2.75, 3.05) is 5.32 Å². The molecule has 2 rings (SSSR count). The second-order valence-corrected chi connectivity index (χ2v) is 5.68. The number of hydrogen-bond acceptors (Lipinski definition) is 4. The third-order valence-electron chi connectivity index (χ3n) is 3.08. The molecule has 0 aliphatic carbocycles. The Hall–Kier alpha value is -2.64. The van der Waals surface area contributed by atoms with E-state index in [0.717, 1.165) is 11.6 Å². The summed E-state index contributed by atoms with van der Waals surface area (Å²) in [6.07, 6.45) is 1.33. The van der Waals surface area contributed by atoms with Crippen LogP contribution in [0.25, 0.3) is 0 Å². The van der Waals surface area contributed by atoms with E-state index in [1.54, 1.807) is 6.07 Å². The van der Waals surface area contributed by atoms with Crippen molar-refractivity contribution in [1.29, 1.82) is 0 Å². The van der Waals surface area contributed by atoms with Gasteiger partial charge < -0.3 is 15.5 Å². The fourth-order valence-corrected chi connectivity index (χ4v) is 2.13. The van der Waals surface area contributed by atoms with Gasteiger partial charge in [0.25, 0.3) is 0 Å². The predicted molar refractivity (Wildman–Crippen MR) is 98.2 cm³/mol. The molecule has 0 saturated carbocycles. The fourth-order valence-electron chi connectivity index (χ4n) is 1.78. The highest BCUT2D eigenvalue weighted by Gasteiger charge is 2.06. The van der Waals surface area contributed by atoms with Crippen LogP contribution in [0, 0.1) is 6.92 Å². The Balaban J connectivity index is 1.97. The van der Waals surface area contributed by atoms with Crippen molar-refractivity contribution in [3.05, 3.63) is 58.1 Å². The van der Waals surface area contributed by atoms with Gasteiger partial charge in [0.15, 0.2) is 5.11 Å². The van der Waals surface area contributed by atoms with E-state index in [4.69, 9.17) is 28.9 Å². The molecule has 8 heteroatoms. The highest BCUT2D eigenvalue weighted by Crippen LogP contribution is 2.20. The number of anilines is 1. The van der Waals surface area contributed by atoms with Gasteiger partial charge in [0.1, 0.15) is 5.75 Å². The molecule has 0 aromatic heterocycles. The van der Waals surface area contributed by atoms with Crippen molar-refractivity contribution < 1.29 is 15.0 Å². The summed E-state index contributed by atoms with van der Waals surface area (Å²) in [5.74, 6) is -1.31. The first kappa shape index (κ1) is 17.7. The van der Waals surface area contributed by atoms with Crippen molar-refractivity contribution in [1.82, 2.24) is 5.43 Å². The molecule has 0 bridgehead atoms. The van der Waals surface area contributed by atoms with E-state index in [2.05, 4.69) is 15.8 Å². The van der Waals surface area contributed by atoms with Crippen LogP contribution in [0.2, 0.25) is 5.02 Å². The van der Waals surface area contributed by atoms with Gasteiger partial charge >= 0.3 is 5.97 Å². The molecule has 2 aromatic rings. The molecular weight excluding hydrogens is 350 g/mol. The number of carboxylic acid groups (broad SMARTS) is 1. The van der Waals surface area contributed by atoms with Crippen LogP contribution in [0.1, 0.15) is 21.5 Å². The van der Waals surface area contributed by atoms with Crippen LogP contribution in [0.4, 0.5) is 5.69 Å². The van der Waals surface area contributed by atoms with Crippen LogP contribution in [-0.4, -0.2) is 27.5 Å². The minimum Gasteiger partial charge on any atom is -0.507 e. The number of aryl methyl sites for hydroxylation is 1. The lowest BCUT2D eigenvalue weighted by atomic mass is 10.1. The van der Waals surface area contributed by atoms with Crippen LogP contribution in [0.5, 0.6) is 5.75 Å². The van der Waals surface area contributed by atoms with Crippen LogP contribution in [0.15, 0.2) is 41.5 Å². The average molecular weight is 364 g/mol. The van der Waals surface area contributed by atoms with Gasteiger partial charge in [0.05, 0.1) is 11.8 Å². The van der Waals surface area contributed by atoms with Crippen molar-refractivity contribution in [3.8, 4) is 5.75 Å². The molecule has 124 valence electrons. The number of rotatable bonds is 4. The number of aromatic hydroxyl groups is 1. The Morgan fingerprint density at radius 2 is 2.04 bits per heavy atom. The van der Waals surface area contributed by atoms with Gasteiger partial charge in [-0.15, -0.1) is 0 Å². The Morgan fingerprint density at radius 1 is 1.29 bits per heavy atom. The van der Waals surface area contributed by atoms with E-state index in [1.807, 2.05) is 19.1 Å². The summed E-state index contributed by atoms with van der Waals surface area (Å²) in [7, 11) is 0. The molecule has 0 unspecified atom stereocenters. The van der Waals surface area contributed by atoms with Crippen LogP contribution >= 0.6 is 23.8 Å². The van der Waals surface area contributed by atoms with E-state index in [9.17, 15) is 9.90 Å². The lowest BCUT2D eigenvalue weighted by Gasteiger charge is -2.08. The molecule has 0 radical (unpaired) electrons. The number of carbonyl (C=O) groups is 1. The topological polar surface area (TPSA) is 94.0 Å². The number of carboxylic acids is 1. The van der Waals surface area contributed by atoms with Gasteiger partial charge in [-0.1, -0.05) is 17.7 Å². The zero-order chi connectivity index (χ0) is 17.7. The van der Waals surface area contributed by atoms with E-state index in [1.165, 1.54) is 18.3 Å². The molecule has 4 N–H and O–H groups in total. The van der Waals surface area contributed by atoms with Crippen LogP contribution < -0.4 is 10.7 Å². The molecule has 0 saturated heterocycles. The summed E-state index contributed by atoms with van der Waals surface area (Å²) in [5.41, 5.74) is 4.62. The number of phenolic OH excluding ortho intramolecular Hbond substituents is 1. The molecule has 0 fully saturated rings. The summed E-state index contributed by atoms with van der Waals surface area (Å²) in [4.78, 5) is 10.8. The summed E-state index contributed by atoms with van der Waals surface area (Å²) in [6, 6.07) is 9.39. The van der Waals surface area contributed by atoms with E-state index in [-0.39, 0.29) is 16.4 Å². The van der Waals surface area contributed by atoms with E-state index in [0.29, 0.717) is 16.3 Å². The third-order valence-corrected chi connectivity index (χ3v) is 3.68. The molecule has 24 heavy (non-hydrogen) atoms. The number of nitrogens with one attached hydrogen (secondary N) is 2. The van der Waals surface area contributed by atoms with E-state index >= 15 is 0 Å². The maximum Gasteiger partial charge on any atom is 0.335 e. The molecule has 0 spiro atoms. The minimum absolute atomic E-state index is 0.00829. The monoisotopic (exact) mass is 363 g/mol. The minimum atomic E-state index is -1.12. The average Bonchev–Trinajstić information content (AvgIpc) is 2.52. The number of hydrazone groups is 1. The Morgan fingerprint density at radius 3 is 2.67 bits per heavy atom. The van der Waals surface area contributed by atoms with Gasteiger partial charge in [-0.2, -0.15) is 5.10 Å². The standard InChI is InChI=1S/C16H14ClN3O3S/c1-9-2-5-12(7-13(9)17)19-16(24)20-18-8-11-4-3-10(15(22)23)6-14(11)21/h2-8,21H,1H3,(H,22,23)(H2,19,20,24)/b18-8+. The van der Waals surface area contributed by atoms with Crippen LogP contribution in [0.3, 0.4) is 0 Å². The second-order valence-electron chi connectivity index (χ2n) is 4.87. The summed E-state index contributed by atoms with van der Waals surface area (Å²) in [5, 5.41) is 26.3. The van der Waals surface area contributed by atoms with Crippen molar-refractivity contribution in [2.24, 2.45) is 5.10 Å². The molecule has 6 nitrogen and oxygen atoms in total. The Kier molecular flexibility index (Phi) is 5.73. The first-order chi connectivity index (χ1) is 11.4. The summed E-state index contributed by atoms with van der Waals surface area (Å²) >= 11 is 11.1. The molecule has 0 amide bonds. The quantitative estimate of drug-likeness (QED) is 0.378. The maximum atomic E-state index is 10.8. The van der Waals surface area contributed by atoms with Crippen molar-refractivity contribution >= 4 is 46.8 Å². The summed E-state index contributed by atoms with van der Waals surface area (Å²) in [6.45, 7) is 1.90. The molecule has 0 aliphatic heterocycles. The van der Waals surface area contributed by atoms with Gasteiger partial charge in [0, 0.05) is 16.3 Å². The number of phenols is 1. The summed E-state index contributed by atoms with van der Waals surface area (Å²) < 4.78 is 0.